The van der Waals surface area contributed by atoms with E-state index in [4.69, 9.17) is 0 Å². The van der Waals surface area contributed by atoms with Crippen LogP contribution in [0.1, 0.15) is 10.4 Å². The zero-order valence-corrected chi connectivity index (χ0v) is 10.4. The smallest absolute Gasteiger partial charge is 0.290 e. The van der Waals surface area contributed by atoms with E-state index in [0.29, 0.717) is 5.69 Å². The van der Waals surface area contributed by atoms with Crippen molar-refractivity contribution in [2.24, 2.45) is 0 Å². The summed E-state index contributed by atoms with van der Waals surface area (Å²) in [5.74, 6) is -3.12. The summed E-state index contributed by atoms with van der Waals surface area (Å²) in [6, 6.07) is 6.28. The number of carbonyl (C=O) groups is 1. The van der Waals surface area contributed by atoms with Gasteiger partial charge in [0.2, 0.25) is 0 Å². The largest absolute Gasteiger partial charge is 0.321 e. The summed E-state index contributed by atoms with van der Waals surface area (Å²) in [5, 5.41) is 2.57. The van der Waals surface area contributed by atoms with Crippen LogP contribution in [0, 0.1) is 0 Å². The van der Waals surface area contributed by atoms with Crippen LogP contribution in [-0.2, 0) is 0 Å². The fraction of sp³-hybridized carbons (Fsp3) is 0.0833. The highest BCUT2D eigenvalue weighted by molar-refractivity contribution is 7.99. The second-order valence-corrected chi connectivity index (χ2v) is 4.41. The lowest BCUT2D eigenvalue weighted by atomic mass is 10.2. The lowest BCUT2D eigenvalue weighted by Gasteiger charge is -2.08. The predicted molar refractivity (Wildman–Crippen MR) is 68.3 cm³/mol. The van der Waals surface area contributed by atoms with Crippen LogP contribution in [-0.4, -0.2) is 21.6 Å². The highest BCUT2D eigenvalue weighted by Crippen LogP contribution is 2.26. The molecule has 0 fully saturated rings. The van der Waals surface area contributed by atoms with Gasteiger partial charge in [-0.1, -0.05) is 0 Å². The highest BCUT2D eigenvalue weighted by Gasteiger charge is 2.16. The molecule has 0 radical (unpaired) electrons. The molecule has 0 spiro atoms. The van der Waals surface area contributed by atoms with Crippen LogP contribution in [0.15, 0.2) is 47.9 Å². The summed E-state index contributed by atoms with van der Waals surface area (Å²) in [6.45, 7) is 0. The number of halogens is 2. The highest BCUT2D eigenvalue weighted by atomic mass is 32.2. The van der Waals surface area contributed by atoms with Gasteiger partial charge in [0.05, 0.1) is 17.4 Å². The molecule has 0 aliphatic heterocycles. The van der Waals surface area contributed by atoms with E-state index in [1.54, 1.807) is 18.3 Å². The van der Waals surface area contributed by atoms with Gasteiger partial charge in [0.1, 0.15) is 5.03 Å². The molecule has 19 heavy (non-hydrogen) atoms. The van der Waals surface area contributed by atoms with Crippen molar-refractivity contribution in [3.05, 3.63) is 48.4 Å². The minimum Gasteiger partial charge on any atom is -0.321 e. The van der Waals surface area contributed by atoms with Crippen molar-refractivity contribution in [1.82, 2.24) is 9.97 Å². The van der Waals surface area contributed by atoms with Gasteiger partial charge in [0.25, 0.3) is 11.7 Å². The Morgan fingerprint density at radius 2 is 2.05 bits per heavy atom. The predicted octanol–water partition coefficient (Wildman–Crippen LogP) is 3.04. The van der Waals surface area contributed by atoms with Crippen molar-refractivity contribution in [2.45, 2.75) is 10.8 Å². The summed E-state index contributed by atoms with van der Waals surface area (Å²) >= 11 is 0.243. The molecule has 1 amide bonds. The number of thioether (sulfide) groups is 1. The molecule has 0 saturated carbocycles. The van der Waals surface area contributed by atoms with Crippen LogP contribution in [0.3, 0.4) is 0 Å². The molecule has 0 saturated heterocycles. The molecule has 2 rings (SSSR count). The monoisotopic (exact) mass is 281 g/mol. The molecule has 0 atom stereocenters. The third kappa shape index (κ3) is 3.72. The lowest BCUT2D eigenvalue weighted by Crippen LogP contribution is -2.14. The number of pyridine rings is 2. The van der Waals surface area contributed by atoms with E-state index in [1.807, 2.05) is 0 Å². The molecular weight excluding hydrogens is 272 g/mol. The number of nitrogens with one attached hydrogen (secondary N) is 1. The van der Waals surface area contributed by atoms with Gasteiger partial charge in [-0.3, -0.25) is 9.78 Å². The number of amides is 1. The number of aromatic nitrogens is 2. The van der Waals surface area contributed by atoms with Crippen molar-refractivity contribution in [3.8, 4) is 0 Å². The second kappa shape index (κ2) is 6.24. The molecule has 98 valence electrons. The van der Waals surface area contributed by atoms with Gasteiger partial charge in [-0.15, -0.1) is 0 Å². The molecular formula is C12H9F2N3OS. The third-order valence-electron chi connectivity index (χ3n) is 2.14. The zero-order chi connectivity index (χ0) is 13.7. The lowest BCUT2D eigenvalue weighted by molar-refractivity contribution is 0.102. The Bertz CT molecular complexity index is 566. The van der Waals surface area contributed by atoms with Crippen LogP contribution in [0.5, 0.6) is 0 Å². The first-order valence-electron chi connectivity index (χ1n) is 5.28. The van der Waals surface area contributed by atoms with Gasteiger partial charge in [-0.05, 0) is 36.0 Å². The quantitative estimate of drug-likeness (QED) is 0.875. The van der Waals surface area contributed by atoms with Crippen molar-refractivity contribution in [1.29, 1.82) is 0 Å². The van der Waals surface area contributed by atoms with Gasteiger partial charge in [0, 0.05) is 12.4 Å². The maximum Gasteiger partial charge on any atom is 0.290 e. The van der Waals surface area contributed by atoms with E-state index in [0.717, 1.165) is 0 Å². The van der Waals surface area contributed by atoms with Gasteiger partial charge in [-0.2, -0.15) is 8.78 Å². The van der Waals surface area contributed by atoms with Crippen LogP contribution in [0.4, 0.5) is 14.5 Å². The van der Waals surface area contributed by atoms with Crippen LogP contribution < -0.4 is 5.32 Å². The minimum absolute atomic E-state index is 0.00103. The average Bonchev–Trinajstić information content (AvgIpc) is 2.39. The Balaban J connectivity index is 2.19. The van der Waals surface area contributed by atoms with Gasteiger partial charge < -0.3 is 5.32 Å². The maximum absolute atomic E-state index is 12.4. The normalized spacial score (nSPS) is 10.5. The molecule has 4 nitrogen and oxygen atoms in total. The van der Waals surface area contributed by atoms with E-state index in [9.17, 15) is 13.6 Å². The second-order valence-electron chi connectivity index (χ2n) is 3.43. The topological polar surface area (TPSA) is 54.9 Å². The van der Waals surface area contributed by atoms with Crippen molar-refractivity contribution in [2.75, 3.05) is 5.32 Å². The van der Waals surface area contributed by atoms with Crippen molar-refractivity contribution < 1.29 is 13.6 Å². The Kier molecular flexibility index (Phi) is 4.40. The Morgan fingerprint density at radius 3 is 2.74 bits per heavy atom. The summed E-state index contributed by atoms with van der Waals surface area (Å²) in [5.41, 5.74) is 0.598. The standard InChI is InChI=1S/C12H9F2N3OS/c13-12(14)19-11-9(4-2-6-16-11)10(18)17-8-3-1-5-15-7-8/h1-7,12H,(H,17,18). The Morgan fingerprint density at radius 1 is 1.26 bits per heavy atom. The summed E-state index contributed by atoms with van der Waals surface area (Å²) in [6.07, 6.45) is 4.40. The van der Waals surface area contributed by atoms with E-state index < -0.39 is 11.7 Å². The minimum atomic E-state index is -2.63. The molecule has 0 bridgehead atoms. The fourth-order valence-electron chi connectivity index (χ4n) is 1.38. The van der Waals surface area contributed by atoms with E-state index >= 15 is 0 Å². The number of rotatable bonds is 4. The van der Waals surface area contributed by atoms with Crippen molar-refractivity contribution >= 4 is 23.4 Å². The number of carbonyl (C=O) groups excluding carboxylic acids is 1. The summed E-state index contributed by atoms with van der Waals surface area (Å²) < 4.78 is 24.7. The SMILES string of the molecule is O=C(Nc1cccnc1)c1cccnc1SC(F)F. The molecule has 0 aromatic carbocycles. The molecule has 1 N–H and O–H groups in total. The summed E-state index contributed by atoms with van der Waals surface area (Å²) in [4.78, 5) is 19.6. The van der Waals surface area contributed by atoms with Crippen LogP contribution in [0.2, 0.25) is 0 Å². The van der Waals surface area contributed by atoms with Crippen molar-refractivity contribution in [3.63, 3.8) is 0 Å². The molecule has 2 aromatic rings. The molecule has 0 aliphatic carbocycles. The third-order valence-corrected chi connectivity index (χ3v) is 2.86. The Labute approximate surface area is 112 Å². The van der Waals surface area contributed by atoms with Gasteiger partial charge >= 0.3 is 0 Å². The molecule has 0 aliphatic rings. The molecule has 7 heteroatoms. The van der Waals surface area contributed by atoms with Gasteiger partial charge in [0.15, 0.2) is 0 Å². The number of nitrogens with zero attached hydrogens (tertiary/aromatic N) is 2. The number of anilines is 1. The number of hydrogen-bond donors (Lipinski definition) is 1. The number of hydrogen-bond acceptors (Lipinski definition) is 4. The van der Waals surface area contributed by atoms with E-state index in [2.05, 4.69) is 15.3 Å². The van der Waals surface area contributed by atoms with Crippen LogP contribution in [0.25, 0.3) is 0 Å². The average molecular weight is 281 g/mol. The molecule has 2 heterocycles. The number of alkyl halides is 2. The van der Waals surface area contributed by atoms with E-state index in [1.165, 1.54) is 24.5 Å². The Hall–Kier alpha value is -2.02. The first kappa shape index (κ1) is 13.4. The first-order valence-corrected chi connectivity index (χ1v) is 6.16. The first-order chi connectivity index (χ1) is 9.16. The maximum atomic E-state index is 12.4. The fourth-order valence-corrected chi connectivity index (χ4v) is 1.96. The zero-order valence-electron chi connectivity index (χ0n) is 9.59. The molecule has 2 aromatic heterocycles. The molecule has 0 unspecified atom stereocenters. The summed E-state index contributed by atoms with van der Waals surface area (Å²) in [7, 11) is 0. The van der Waals surface area contributed by atoms with Crippen LogP contribution >= 0.6 is 11.8 Å². The van der Waals surface area contributed by atoms with E-state index in [-0.39, 0.29) is 22.4 Å². The van der Waals surface area contributed by atoms with Gasteiger partial charge in [-0.25, -0.2) is 4.98 Å².